The molecule has 0 bridgehead atoms. The van der Waals surface area contributed by atoms with Gasteiger partial charge in [-0.05, 0) is 65.6 Å². The Kier molecular flexibility index (Phi) is 5.75. The lowest BCUT2D eigenvalue weighted by atomic mass is 10.1. The molecule has 6 heteroatoms. The molecule has 33 heavy (non-hydrogen) atoms. The molecule has 0 aliphatic heterocycles. The second-order valence-corrected chi connectivity index (χ2v) is 9.00. The SMILES string of the molecule is Cc1ccc2sc(N(Cc3cccnc3)C(=O)COc3ccc4ccccc4c3)nc2c1C. The summed E-state index contributed by atoms with van der Waals surface area (Å²) in [5.74, 6) is 0.514. The van der Waals surface area contributed by atoms with E-state index in [9.17, 15) is 4.79 Å². The first-order chi connectivity index (χ1) is 16.1. The van der Waals surface area contributed by atoms with E-state index in [0.29, 0.717) is 17.4 Å². The van der Waals surface area contributed by atoms with Crippen LogP contribution in [0.15, 0.2) is 79.1 Å². The third kappa shape index (κ3) is 4.43. The van der Waals surface area contributed by atoms with E-state index >= 15 is 0 Å². The van der Waals surface area contributed by atoms with E-state index in [0.717, 1.165) is 32.1 Å². The van der Waals surface area contributed by atoms with E-state index in [-0.39, 0.29) is 12.5 Å². The highest BCUT2D eigenvalue weighted by Gasteiger charge is 2.22. The summed E-state index contributed by atoms with van der Waals surface area (Å²) in [6.45, 7) is 4.44. The highest BCUT2D eigenvalue weighted by atomic mass is 32.1. The van der Waals surface area contributed by atoms with E-state index in [1.165, 1.54) is 16.9 Å². The van der Waals surface area contributed by atoms with Crippen LogP contribution in [0.25, 0.3) is 21.0 Å². The lowest BCUT2D eigenvalue weighted by Gasteiger charge is -2.20. The number of carbonyl (C=O) groups excluding carboxylic acids is 1. The molecule has 2 aromatic heterocycles. The molecule has 0 saturated heterocycles. The Bertz CT molecular complexity index is 1450. The van der Waals surface area contributed by atoms with Gasteiger partial charge in [-0.2, -0.15) is 0 Å². The van der Waals surface area contributed by atoms with Crippen LogP contribution in [0.5, 0.6) is 5.75 Å². The maximum atomic E-state index is 13.4. The molecule has 164 valence electrons. The first-order valence-electron chi connectivity index (χ1n) is 10.8. The van der Waals surface area contributed by atoms with Gasteiger partial charge in [0.2, 0.25) is 0 Å². The Morgan fingerprint density at radius 1 is 1.00 bits per heavy atom. The van der Waals surface area contributed by atoms with Crippen LogP contribution in [-0.4, -0.2) is 22.5 Å². The molecule has 0 fully saturated rings. The number of aromatic nitrogens is 2. The van der Waals surface area contributed by atoms with Crippen molar-refractivity contribution in [1.29, 1.82) is 0 Å². The van der Waals surface area contributed by atoms with Crippen molar-refractivity contribution in [3.63, 3.8) is 0 Å². The molecule has 0 unspecified atom stereocenters. The number of pyridine rings is 1. The van der Waals surface area contributed by atoms with Crippen molar-refractivity contribution in [3.05, 3.63) is 95.8 Å². The average molecular weight is 454 g/mol. The minimum absolute atomic E-state index is 0.0768. The minimum Gasteiger partial charge on any atom is -0.484 e. The summed E-state index contributed by atoms with van der Waals surface area (Å²) in [6, 6.07) is 21.9. The third-order valence-corrected chi connectivity index (χ3v) is 6.80. The summed E-state index contributed by atoms with van der Waals surface area (Å²) in [5, 5.41) is 2.87. The number of rotatable bonds is 6. The monoisotopic (exact) mass is 453 g/mol. The number of aryl methyl sites for hydroxylation is 2. The summed E-state index contributed by atoms with van der Waals surface area (Å²) in [6.07, 6.45) is 3.50. The van der Waals surface area contributed by atoms with Gasteiger partial charge in [-0.25, -0.2) is 4.98 Å². The predicted octanol–water partition coefficient (Wildman–Crippen LogP) is 6.07. The molecule has 0 aliphatic rings. The number of thiazole rings is 1. The Balaban J connectivity index is 1.43. The van der Waals surface area contributed by atoms with Crippen molar-refractivity contribution in [3.8, 4) is 5.75 Å². The zero-order chi connectivity index (χ0) is 22.8. The van der Waals surface area contributed by atoms with Gasteiger partial charge >= 0.3 is 0 Å². The number of fused-ring (bicyclic) bond motifs is 2. The molecule has 0 atom stereocenters. The van der Waals surface area contributed by atoms with Gasteiger partial charge in [0, 0.05) is 12.4 Å². The molecule has 5 aromatic rings. The fraction of sp³-hybridized carbons (Fsp3) is 0.148. The van der Waals surface area contributed by atoms with Crippen molar-refractivity contribution in [1.82, 2.24) is 9.97 Å². The Morgan fingerprint density at radius 3 is 2.67 bits per heavy atom. The van der Waals surface area contributed by atoms with Crippen LogP contribution in [0.1, 0.15) is 16.7 Å². The van der Waals surface area contributed by atoms with Gasteiger partial charge < -0.3 is 4.74 Å². The second kappa shape index (κ2) is 9.00. The summed E-state index contributed by atoms with van der Waals surface area (Å²) in [5.41, 5.74) is 4.19. The summed E-state index contributed by atoms with van der Waals surface area (Å²) in [4.78, 5) is 24.1. The van der Waals surface area contributed by atoms with Crippen molar-refractivity contribution in [2.24, 2.45) is 0 Å². The maximum absolute atomic E-state index is 13.4. The lowest BCUT2D eigenvalue weighted by Crippen LogP contribution is -2.34. The van der Waals surface area contributed by atoms with E-state index in [4.69, 9.17) is 9.72 Å². The van der Waals surface area contributed by atoms with E-state index in [1.54, 1.807) is 17.3 Å². The number of benzene rings is 3. The molecule has 0 spiro atoms. The molecule has 2 heterocycles. The topological polar surface area (TPSA) is 55.3 Å². The Morgan fingerprint density at radius 2 is 1.85 bits per heavy atom. The summed E-state index contributed by atoms with van der Waals surface area (Å²) >= 11 is 1.52. The number of nitrogens with zero attached hydrogens (tertiary/aromatic N) is 3. The average Bonchev–Trinajstić information content (AvgIpc) is 3.28. The molecule has 0 aliphatic carbocycles. The zero-order valence-electron chi connectivity index (χ0n) is 18.5. The number of hydrogen-bond donors (Lipinski definition) is 0. The Hall–Kier alpha value is -3.77. The van der Waals surface area contributed by atoms with E-state index < -0.39 is 0 Å². The predicted molar refractivity (Wildman–Crippen MR) is 134 cm³/mol. The number of carbonyl (C=O) groups is 1. The Labute approximate surface area is 196 Å². The van der Waals surface area contributed by atoms with Gasteiger partial charge in [-0.15, -0.1) is 0 Å². The van der Waals surface area contributed by atoms with E-state index in [1.807, 2.05) is 48.5 Å². The smallest absolute Gasteiger partial charge is 0.267 e. The molecular formula is C27H23N3O2S. The highest BCUT2D eigenvalue weighted by molar-refractivity contribution is 7.22. The normalized spacial score (nSPS) is 11.1. The van der Waals surface area contributed by atoms with Gasteiger partial charge in [-0.3, -0.25) is 14.7 Å². The largest absolute Gasteiger partial charge is 0.484 e. The van der Waals surface area contributed by atoms with E-state index in [2.05, 4.69) is 37.0 Å². The molecule has 1 amide bonds. The minimum atomic E-state index is -0.152. The first kappa shape index (κ1) is 21.1. The van der Waals surface area contributed by atoms with Crippen LogP contribution in [-0.2, 0) is 11.3 Å². The number of anilines is 1. The van der Waals surface area contributed by atoms with Crippen LogP contribution < -0.4 is 9.64 Å². The number of amides is 1. The van der Waals surface area contributed by atoms with Crippen LogP contribution in [0.4, 0.5) is 5.13 Å². The second-order valence-electron chi connectivity index (χ2n) is 7.99. The maximum Gasteiger partial charge on any atom is 0.267 e. The van der Waals surface area contributed by atoms with Crippen molar-refractivity contribution < 1.29 is 9.53 Å². The quantitative estimate of drug-likeness (QED) is 0.313. The fourth-order valence-corrected chi connectivity index (χ4v) is 4.79. The lowest BCUT2D eigenvalue weighted by molar-refractivity contribution is -0.120. The first-order valence-corrected chi connectivity index (χ1v) is 11.6. The van der Waals surface area contributed by atoms with Gasteiger partial charge in [0.1, 0.15) is 5.75 Å². The van der Waals surface area contributed by atoms with Crippen LogP contribution in [0.2, 0.25) is 0 Å². The molecule has 5 nitrogen and oxygen atoms in total. The fourth-order valence-electron chi connectivity index (χ4n) is 3.75. The summed E-state index contributed by atoms with van der Waals surface area (Å²) < 4.78 is 6.97. The van der Waals surface area contributed by atoms with Crippen molar-refractivity contribution in [2.45, 2.75) is 20.4 Å². The zero-order valence-corrected chi connectivity index (χ0v) is 19.3. The molecule has 5 rings (SSSR count). The number of ether oxygens (including phenoxy) is 1. The van der Waals surface area contributed by atoms with Gasteiger partial charge in [0.15, 0.2) is 11.7 Å². The molecule has 3 aromatic carbocycles. The van der Waals surface area contributed by atoms with Gasteiger partial charge in [-0.1, -0.05) is 53.8 Å². The summed E-state index contributed by atoms with van der Waals surface area (Å²) in [7, 11) is 0. The molecule has 0 radical (unpaired) electrons. The van der Waals surface area contributed by atoms with Crippen LogP contribution in [0.3, 0.4) is 0 Å². The van der Waals surface area contributed by atoms with Gasteiger partial charge in [0.05, 0.1) is 16.8 Å². The third-order valence-electron chi connectivity index (χ3n) is 5.75. The van der Waals surface area contributed by atoms with Crippen LogP contribution >= 0.6 is 11.3 Å². The van der Waals surface area contributed by atoms with Gasteiger partial charge in [0.25, 0.3) is 5.91 Å². The van der Waals surface area contributed by atoms with Crippen molar-refractivity contribution in [2.75, 3.05) is 11.5 Å². The van der Waals surface area contributed by atoms with Crippen molar-refractivity contribution >= 4 is 43.4 Å². The molecule has 0 saturated carbocycles. The standard InChI is InChI=1S/C27H23N3O2S/c1-18-9-12-24-26(19(18)2)29-27(33-24)30(16-20-6-5-13-28-15-20)25(31)17-32-23-11-10-21-7-3-4-8-22(21)14-23/h3-15H,16-17H2,1-2H3. The number of hydrogen-bond acceptors (Lipinski definition) is 5. The molecule has 0 N–H and O–H groups in total. The molecular weight excluding hydrogens is 430 g/mol. The highest BCUT2D eigenvalue weighted by Crippen LogP contribution is 2.33. The van der Waals surface area contributed by atoms with Crippen LogP contribution in [0, 0.1) is 13.8 Å².